The summed E-state index contributed by atoms with van der Waals surface area (Å²) in [5.41, 5.74) is 0.581. The van der Waals surface area contributed by atoms with Crippen LogP contribution in [-0.2, 0) is 6.54 Å². The lowest BCUT2D eigenvalue weighted by Gasteiger charge is -2.09. The second-order valence-corrected chi connectivity index (χ2v) is 5.78. The van der Waals surface area contributed by atoms with Crippen LogP contribution in [0.25, 0.3) is 0 Å². The molecule has 1 heterocycles. The highest BCUT2D eigenvalue weighted by atomic mass is 32.2. The first-order chi connectivity index (χ1) is 9.56. The molecule has 0 saturated carbocycles. The van der Waals surface area contributed by atoms with E-state index in [0.717, 1.165) is 18.3 Å². The fourth-order valence-electron chi connectivity index (χ4n) is 1.67. The number of benzene rings is 1. The van der Waals surface area contributed by atoms with Crippen LogP contribution in [-0.4, -0.2) is 11.5 Å². The Morgan fingerprint density at radius 2 is 2.00 bits per heavy atom. The van der Waals surface area contributed by atoms with Gasteiger partial charge in [0.05, 0.1) is 11.1 Å². The normalized spacial score (nSPS) is 11.2. The summed E-state index contributed by atoms with van der Waals surface area (Å²) in [6.45, 7) is 5.39. The van der Waals surface area contributed by atoms with Crippen LogP contribution in [0.2, 0.25) is 0 Å². The molecule has 0 spiro atoms. The summed E-state index contributed by atoms with van der Waals surface area (Å²) in [6.07, 6.45) is 2.80. The third-order valence-electron chi connectivity index (χ3n) is 2.54. The monoisotopic (exact) mass is 298 g/mol. The Bertz CT molecular complexity index is 535. The van der Waals surface area contributed by atoms with Crippen molar-refractivity contribution in [1.29, 1.82) is 0 Å². The van der Waals surface area contributed by atoms with Crippen LogP contribution in [0.4, 0.5) is 8.78 Å². The Morgan fingerprint density at radius 1 is 1.30 bits per heavy atom. The molecule has 0 aliphatic heterocycles. The average molecular weight is 298 g/mol. The van der Waals surface area contributed by atoms with Crippen LogP contribution < -0.4 is 5.32 Å². The van der Waals surface area contributed by atoms with Crippen molar-refractivity contribution in [2.45, 2.75) is 30.5 Å². The van der Waals surface area contributed by atoms with Gasteiger partial charge in [-0.05, 0) is 41.9 Å². The predicted molar refractivity (Wildman–Crippen MR) is 73.5 cm³/mol. The van der Waals surface area contributed by atoms with Crippen molar-refractivity contribution in [3.05, 3.63) is 41.8 Å². The molecule has 0 radical (unpaired) electrons. The number of nitrogens with one attached hydrogen (secondary N) is 1. The van der Waals surface area contributed by atoms with E-state index in [-0.39, 0.29) is 10.1 Å². The first kappa shape index (κ1) is 15.0. The highest BCUT2D eigenvalue weighted by Crippen LogP contribution is 2.31. The third kappa shape index (κ3) is 4.05. The van der Waals surface area contributed by atoms with Gasteiger partial charge in [0.25, 0.3) is 5.22 Å². The molecule has 0 atom stereocenters. The molecule has 108 valence electrons. The third-order valence-corrected chi connectivity index (χ3v) is 3.51. The number of halogens is 2. The van der Waals surface area contributed by atoms with Crippen LogP contribution >= 0.6 is 11.8 Å². The molecule has 0 unspecified atom stereocenters. The van der Waals surface area contributed by atoms with Gasteiger partial charge in [-0.15, -0.1) is 0 Å². The van der Waals surface area contributed by atoms with Crippen LogP contribution in [0.5, 0.6) is 0 Å². The Labute approximate surface area is 120 Å². The van der Waals surface area contributed by atoms with E-state index in [1.165, 1.54) is 24.6 Å². The maximum absolute atomic E-state index is 13.9. The zero-order chi connectivity index (χ0) is 14.5. The summed E-state index contributed by atoms with van der Waals surface area (Å²) in [5.74, 6) is -0.714. The zero-order valence-corrected chi connectivity index (χ0v) is 12.1. The Kier molecular flexibility index (Phi) is 5.14. The summed E-state index contributed by atoms with van der Waals surface area (Å²) >= 11 is 0.837. The van der Waals surface area contributed by atoms with Crippen molar-refractivity contribution >= 4 is 11.8 Å². The molecule has 6 heteroatoms. The van der Waals surface area contributed by atoms with Crippen molar-refractivity contribution in [3.8, 4) is 0 Å². The minimum absolute atomic E-state index is 0.0972. The topological polar surface area (TPSA) is 38.1 Å². The van der Waals surface area contributed by atoms with Crippen LogP contribution in [0.3, 0.4) is 0 Å². The van der Waals surface area contributed by atoms with Gasteiger partial charge in [-0.1, -0.05) is 13.8 Å². The maximum atomic E-state index is 13.9. The summed E-state index contributed by atoms with van der Waals surface area (Å²) in [5, 5.41) is 3.37. The molecule has 0 amide bonds. The lowest BCUT2D eigenvalue weighted by molar-refractivity contribution is 0.451. The van der Waals surface area contributed by atoms with Crippen molar-refractivity contribution in [1.82, 2.24) is 10.3 Å². The minimum atomic E-state index is -0.602. The van der Waals surface area contributed by atoms with Crippen molar-refractivity contribution in [2.75, 3.05) is 6.54 Å². The number of hydrogen-bond donors (Lipinski definition) is 1. The van der Waals surface area contributed by atoms with E-state index in [0.29, 0.717) is 18.0 Å². The lowest BCUT2D eigenvalue weighted by atomic mass is 10.2. The van der Waals surface area contributed by atoms with E-state index in [9.17, 15) is 8.78 Å². The van der Waals surface area contributed by atoms with Gasteiger partial charge in [-0.2, -0.15) is 0 Å². The predicted octanol–water partition coefficient (Wildman–Crippen LogP) is 3.85. The second-order valence-electron chi connectivity index (χ2n) is 4.81. The van der Waals surface area contributed by atoms with E-state index in [4.69, 9.17) is 4.42 Å². The van der Waals surface area contributed by atoms with E-state index in [1.54, 1.807) is 0 Å². The second kappa shape index (κ2) is 6.85. The molecule has 2 aromatic rings. The van der Waals surface area contributed by atoms with E-state index in [2.05, 4.69) is 24.1 Å². The number of rotatable bonds is 6. The highest BCUT2D eigenvalue weighted by Gasteiger charge is 2.14. The Morgan fingerprint density at radius 3 is 2.55 bits per heavy atom. The van der Waals surface area contributed by atoms with Crippen LogP contribution in [0, 0.1) is 17.6 Å². The quantitative estimate of drug-likeness (QED) is 0.879. The Hall–Kier alpha value is -1.40. The number of oxazole rings is 1. The molecule has 1 N–H and O–H groups in total. The molecular weight excluding hydrogens is 282 g/mol. The molecule has 0 aliphatic rings. The molecule has 0 bridgehead atoms. The largest absolute Gasteiger partial charge is 0.440 e. The summed E-state index contributed by atoms with van der Waals surface area (Å²) < 4.78 is 32.8. The van der Waals surface area contributed by atoms with Gasteiger partial charge >= 0.3 is 0 Å². The fourth-order valence-corrected chi connectivity index (χ4v) is 2.37. The number of aromatic nitrogens is 1. The van der Waals surface area contributed by atoms with E-state index >= 15 is 0 Å². The van der Waals surface area contributed by atoms with E-state index < -0.39 is 11.6 Å². The van der Waals surface area contributed by atoms with Gasteiger partial charge in [-0.25, -0.2) is 13.8 Å². The molecule has 1 aromatic heterocycles. The standard InChI is InChI=1S/C14H16F2N2OS/c1-9(2)7-17-8-10-5-11(15)13(12(16)6-10)20-14-18-3-4-19-14/h3-6,9,17H,7-8H2,1-2H3. The van der Waals surface area contributed by atoms with Crippen molar-refractivity contribution < 1.29 is 13.2 Å². The molecule has 1 aromatic carbocycles. The SMILES string of the molecule is CC(C)CNCc1cc(F)c(Sc2ncco2)c(F)c1. The molecule has 20 heavy (non-hydrogen) atoms. The average Bonchev–Trinajstić information content (AvgIpc) is 2.86. The number of hydrogen-bond acceptors (Lipinski definition) is 4. The first-order valence-electron chi connectivity index (χ1n) is 6.32. The van der Waals surface area contributed by atoms with Gasteiger partial charge in [0.15, 0.2) is 0 Å². The molecule has 3 nitrogen and oxygen atoms in total. The molecule has 0 fully saturated rings. The van der Waals surface area contributed by atoms with Crippen molar-refractivity contribution in [3.63, 3.8) is 0 Å². The maximum Gasteiger partial charge on any atom is 0.260 e. The molecule has 0 saturated heterocycles. The molecule has 2 rings (SSSR count). The molecule has 0 aliphatic carbocycles. The summed E-state index contributed by atoms with van der Waals surface area (Å²) in [4.78, 5) is 3.74. The highest BCUT2D eigenvalue weighted by molar-refractivity contribution is 7.99. The van der Waals surface area contributed by atoms with Gasteiger partial charge in [0, 0.05) is 6.54 Å². The van der Waals surface area contributed by atoms with Gasteiger partial charge in [0.1, 0.15) is 17.9 Å². The summed E-state index contributed by atoms with van der Waals surface area (Å²) in [6, 6.07) is 2.67. The van der Waals surface area contributed by atoms with Crippen LogP contribution in [0.15, 0.2) is 39.1 Å². The van der Waals surface area contributed by atoms with Crippen molar-refractivity contribution in [2.24, 2.45) is 5.92 Å². The summed E-state index contributed by atoms with van der Waals surface area (Å²) in [7, 11) is 0. The van der Waals surface area contributed by atoms with E-state index in [1.807, 2.05) is 0 Å². The fraction of sp³-hybridized carbons (Fsp3) is 0.357. The van der Waals surface area contributed by atoms with Crippen LogP contribution in [0.1, 0.15) is 19.4 Å². The smallest absolute Gasteiger partial charge is 0.260 e. The Balaban J connectivity index is 2.08. The zero-order valence-electron chi connectivity index (χ0n) is 11.3. The van der Waals surface area contributed by atoms with Gasteiger partial charge in [0.2, 0.25) is 0 Å². The van der Waals surface area contributed by atoms with Gasteiger partial charge in [-0.3, -0.25) is 0 Å². The molecular formula is C14H16F2N2OS. The minimum Gasteiger partial charge on any atom is -0.440 e. The lowest BCUT2D eigenvalue weighted by Crippen LogP contribution is -2.19. The first-order valence-corrected chi connectivity index (χ1v) is 7.14. The van der Waals surface area contributed by atoms with Gasteiger partial charge < -0.3 is 9.73 Å². The number of nitrogens with zero attached hydrogens (tertiary/aromatic N) is 1.